The fraction of sp³-hybridized carbons (Fsp3) is 0.200. The third-order valence-corrected chi connectivity index (χ3v) is 3.42. The zero-order chi connectivity index (χ0) is 10.1. The molecule has 0 amide bonds. The average Bonchev–Trinajstić information content (AvgIpc) is 2.59. The molecule has 0 aliphatic rings. The van der Waals surface area contributed by atoms with Crippen LogP contribution in [-0.2, 0) is 6.42 Å². The number of nitrogens with zero attached hydrogens (tertiary/aromatic N) is 1. The second-order valence-corrected chi connectivity index (χ2v) is 4.53. The predicted octanol–water partition coefficient (Wildman–Crippen LogP) is 2.49. The Bertz CT molecular complexity index is 488. The number of hydrogen-bond acceptors (Lipinski definition) is 3. The minimum absolute atomic E-state index is 0.420. The standard InChI is InChI=1S/C10H10N2S2/c1-2-8-12-9-6(10(11)13)4-3-5-7(9)14-8/h3-5H,2H2,1H3,(H2,11,13). The molecule has 0 saturated carbocycles. The minimum atomic E-state index is 0.420. The van der Waals surface area contributed by atoms with Crippen LogP contribution in [0.3, 0.4) is 0 Å². The molecule has 0 aliphatic carbocycles. The molecule has 14 heavy (non-hydrogen) atoms. The van der Waals surface area contributed by atoms with Crippen LogP contribution in [0.4, 0.5) is 0 Å². The topological polar surface area (TPSA) is 38.9 Å². The van der Waals surface area contributed by atoms with Crippen LogP contribution in [0.2, 0.25) is 0 Å². The van der Waals surface area contributed by atoms with Crippen molar-refractivity contribution in [1.29, 1.82) is 0 Å². The highest BCUT2D eigenvalue weighted by molar-refractivity contribution is 7.80. The number of thiocarbonyl (C=S) groups is 1. The molecule has 2 nitrogen and oxygen atoms in total. The van der Waals surface area contributed by atoms with Gasteiger partial charge in [0.2, 0.25) is 0 Å². The summed E-state index contributed by atoms with van der Waals surface area (Å²) in [6.07, 6.45) is 0.954. The monoisotopic (exact) mass is 222 g/mol. The maximum absolute atomic E-state index is 5.63. The molecule has 1 aromatic carbocycles. The molecule has 2 aromatic rings. The molecule has 1 heterocycles. The predicted molar refractivity (Wildman–Crippen MR) is 64.9 cm³/mol. The SMILES string of the molecule is CCc1nc2c(C(N)=S)cccc2s1. The summed E-state index contributed by atoms with van der Waals surface area (Å²) in [5.41, 5.74) is 7.46. The van der Waals surface area contributed by atoms with Gasteiger partial charge in [-0.15, -0.1) is 11.3 Å². The summed E-state index contributed by atoms with van der Waals surface area (Å²) in [7, 11) is 0. The van der Waals surface area contributed by atoms with Crippen LogP contribution in [-0.4, -0.2) is 9.97 Å². The first-order chi connectivity index (χ1) is 6.72. The number of nitrogens with two attached hydrogens (primary N) is 1. The molecule has 2 N–H and O–H groups in total. The molecule has 1 aromatic heterocycles. The smallest absolute Gasteiger partial charge is 0.106 e. The van der Waals surface area contributed by atoms with E-state index in [0.717, 1.165) is 27.2 Å². The fourth-order valence-corrected chi connectivity index (χ4v) is 2.44. The van der Waals surface area contributed by atoms with Gasteiger partial charge in [0.25, 0.3) is 0 Å². The second kappa shape index (κ2) is 3.63. The zero-order valence-electron chi connectivity index (χ0n) is 7.78. The van der Waals surface area contributed by atoms with Crippen LogP contribution in [0.5, 0.6) is 0 Å². The van der Waals surface area contributed by atoms with Gasteiger partial charge in [-0.05, 0) is 18.6 Å². The van der Waals surface area contributed by atoms with E-state index in [1.54, 1.807) is 11.3 Å². The molecule has 4 heteroatoms. The molecule has 0 saturated heterocycles. The zero-order valence-corrected chi connectivity index (χ0v) is 9.41. The number of thiazole rings is 1. The van der Waals surface area contributed by atoms with Gasteiger partial charge in [0.15, 0.2) is 0 Å². The number of benzene rings is 1. The van der Waals surface area contributed by atoms with Crippen LogP contribution in [0.25, 0.3) is 10.2 Å². The summed E-state index contributed by atoms with van der Waals surface area (Å²) in [4.78, 5) is 4.92. The number of hydrogen-bond donors (Lipinski definition) is 1. The molecular formula is C10H10N2S2. The van der Waals surface area contributed by atoms with Gasteiger partial charge in [0.1, 0.15) is 4.99 Å². The van der Waals surface area contributed by atoms with Crippen molar-refractivity contribution in [1.82, 2.24) is 4.98 Å². The number of aromatic nitrogens is 1. The lowest BCUT2D eigenvalue weighted by atomic mass is 10.2. The summed E-state index contributed by atoms with van der Waals surface area (Å²) >= 11 is 6.68. The largest absolute Gasteiger partial charge is 0.389 e. The number of rotatable bonds is 2. The average molecular weight is 222 g/mol. The van der Waals surface area contributed by atoms with E-state index in [9.17, 15) is 0 Å². The van der Waals surface area contributed by atoms with Crippen LogP contribution < -0.4 is 5.73 Å². The normalized spacial score (nSPS) is 10.6. The molecule has 72 valence electrons. The first kappa shape index (κ1) is 9.55. The van der Waals surface area contributed by atoms with Gasteiger partial charge in [-0.25, -0.2) is 4.98 Å². The van der Waals surface area contributed by atoms with E-state index < -0.39 is 0 Å². The fourth-order valence-electron chi connectivity index (χ4n) is 1.34. The van der Waals surface area contributed by atoms with Crippen molar-refractivity contribution in [3.8, 4) is 0 Å². The lowest BCUT2D eigenvalue weighted by molar-refractivity contribution is 1.11. The summed E-state index contributed by atoms with van der Waals surface area (Å²) in [6.45, 7) is 2.10. The van der Waals surface area contributed by atoms with E-state index in [-0.39, 0.29) is 0 Å². The highest BCUT2D eigenvalue weighted by Gasteiger charge is 2.08. The van der Waals surface area contributed by atoms with E-state index in [1.807, 2.05) is 18.2 Å². The maximum Gasteiger partial charge on any atom is 0.106 e. The summed E-state index contributed by atoms with van der Waals surface area (Å²) in [5.74, 6) is 0. The van der Waals surface area contributed by atoms with Crippen LogP contribution in [0.1, 0.15) is 17.5 Å². The Labute approximate surface area is 91.8 Å². The van der Waals surface area contributed by atoms with Gasteiger partial charge in [-0.1, -0.05) is 25.2 Å². The maximum atomic E-state index is 5.63. The van der Waals surface area contributed by atoms with E-state index in [4.69, 9.17) is 18.0 Å². The van der Waals surface area contributed by atoms with E-state index in [1.165, 1.54) is 0 Å². The van der Waals surface area contributed by atoms with Crippen LogP contribution in [0, 0.1) is 0 Å². The third kappa shape index (κ3) is 1.51. The molecule has 0 unspecified atom stereocenters. The number of fused-ring (bicyclic) bond motifs is 1. The van der Waals surface area contributed by atoms with Crippen LogP contribution in [0.15, 0.2) is 18.2 Å². The van der Waals surface area contributed by atoms with Crippen molar-refractivity contribution in [2.45, 2.75) is 13.3 Å². The first-order valence-electron chi connectivity index (χ1n) is 4.40. The lowest BCUT2D eigenvalue weighted by Gasteiger charge is -1.97. The van der Waals surface area contributed by atoms with Gasteiger partial charge in [0, 0.05) is 5.56 Å². The summed E-state index contributed by atoms with van der Waals surface area (Å²) in [6, 6.07) is 5.94. The van der Waals surface area contributed by atoms with Gasteiger partial charge < -0.3 is 5.73 Å². The highest BCUT2D eigenvalue weighted by Crippen LogP contribution is 2.25. The highest BCUT2D eigenvalue weighted by atomic mass is 32.1. The van der Waals surface area contributed by atoms with Gasteiger partial charge in [-0.3, -0.25) is 0 Å². The molecule has 0 radical (unpaired) electrons. The molecule has 0 atom stereocenters. The lowest BCUT2D eigenvalue weighted by Crippen LogP contribution is -2.09. The van der Waals surface area contributed by atoms with Crippen LogP contribution >= 0.6 is 23.6 Å². The van der Waals surface area contributed by atoms with Crippen molar-refractivity contribution in [3.63, 3.8) is 0 Å². The van der Waals surface area contributed by atoms with Crippen molar-refractivity contribution in [2.75, 3.05) is 0 Å². The second-order valence-electron chi connectivity index (χ2n) is 2.98. The van der Waals surface area contributed by atoms with Crippen molar-refractivity contribution in [2.24, 2.45) is 5.73 Å². The van der Waals surface area contributed by atoms with E-state index >= 15 is 0 Å². The first-order valence-corrected chi connectivity index (χ1v) is 5.63. The van der Waals surface area contributed by atoms with Gasteiger partial charge in [-0.2, -0.15) is 0 Å². The Hall–Kier alpha value is -1.00. The Balaban J connectivity index is 2.73. The molecule has 0 bridgehead atoms. The third-order valence-electron chi connectivity index (χ3n) is 2.03. The molecule has 2 rings (SSSR count). The Morgan fingerprint density at radius 3 is 3.00 bits per heavy atom. The number of aryl methyl sites for hydroxylation is 1. The summed E-state index contributed by atoms with van der Waals surface area (Å²) < 4.78 is 1.16. The Kier molecular flexibility index (Phi) is 2.48. The van der Waals surface area contributed by atoms with Gasteiger partial charge in [0.05, 0.1) is 15.2 Å². The van der Waals surface area contributed by atoms with E-state index in [2.05, 4.69) is 11.9 Å². The summed E-state index contributed by atoms with van der Waals surface area (Å²) in [5, 5.41) is 1.13. The molecular weight excluding hydrogens is 212 g/mol. The number of para-hydroxylation sites is 1. The van der Waals surface area contributed by atoms with Gasteiger partial charge >= 0.3 is 0 Å². The molecule has 0 aliphatic heterocycles. The Morgan fingerprint density at radius 1 is 1.57 bits per heavy atom. The molecule has 0 spiro atoms. The van der Waals surface area contributed by atoms with Crippen molar-refractivity contribution >= 4 is 38.8 Å². The quantitative estimate of drug-likeness (QED) is 0.793. The van der Waals surface area contributed by atoms with Crippen molar-refractivity contribution in [3.05, 3.63) is 28.8 Å². The minimum Gasteiger partial charge on any atom is -0.389 e. The van der Waals surface area contributed by atoms with E-state index in [0.29, 0.717) is 4.99 Å². The molecule has 0 fully saturated rings. The Morgan fingerprint density at radius 2 is 2.36 bits per heavy atom. The van der Waals surface area contributed by atoms with Crippen molar-refractivity contribution < 1.29 is 0 Å².